The van der Waals surface area contributed by atoms with Crippen molar-refractivity contribution < 1.29 is 13.2 Å². The number of Topliss-reactive ketones (excluding diaryl/α,β-unsaturated/α-hetero) is 1. The Bertz CT molecular complexity index is 1120. The van der Waals surface area contributed by atoms with Crippen molar-refractivity contribution in [3.63, 3.8) is 0 Å². The molecule has 0 unspecified atom stereocenters. The third-order valence-electron chi connectivity index (χ3n) is 4.19. The summed E-state index contributed by atoms with van der Waals surface area (Å²) in [5, 5.41) is 3.10. The summed E-state index contributed by atoms with van der Waals surface area (Å²) in [6.45, 7) is 5.60. The summed E-state index contributed by atoms with van der Waals surface area (Å²) < 4.78 is 29.1. The van der Waals surface area contributed by atoms with Gasteiger partial charge in [-0.15, -0.1) is 0 Å². The topological polar surface area (TPSA) is 119 Å². The van der Waals surface area contributed by atoms with Crippen LogP contribution < -0.4 is 10.0 Å². The summed E-state index contributed by atoms with van der Waals surface area (Å²) >= 11 is 0. The van der Waals surface area contributed by atoms with Gasteiger partial charge in [-0.3, -0.25) is 9.36 Å². The maximum absolute atomic E-state index is 12.4. The van der Waals surface area contributed by atoms with Gasteiger partial charge in [-0.1, -0.05) is 12.1 Å². The quantitative estimate of drug-likeness (QED) is 0.427. The van der Waals surface area contributed by atoms with Crippen LogP contribution in [0.2, 0.25) is 0 Å². The van der Waals surface area contributed by atoms with Crippen LogP contribution in [0.25, 0.3) is 5.82 Å². The Balaban J connectivity index is 1.61. The van der Waals surface area contributed by atoms with Crippen LogP contribution in [0.4, 0.5) is 5.82 Å². The minimum absolute atomic E-state index is 0.109. The van der Waals surface area contributed by atoms with E-state index in [0.717, 1.165) is 5.82 Å². The zero-order valence-electron chi connectivity index (χ0n) is 16.4. The van der Waals surface area contributed by atoms with Crippen LogP contribution in [0, 0.1) is 13.8 Å². The molecule has 1 aromatic carbocycles. The van der Waals surface area contributed by atoms with Crippen LogP contribution in [0.1, 0.15) is 28.9 Å². The fourth-order valence-electron chi connectivity index (χ4n) is 2.71. The standard InChI is InChI=1S/C19H22N6O3S/c1-13(26)16-4-6-17(7-5-16)29(27,28)22-9-8-21-18-12-19(24-14(2)23-18)25-11-10-20-15(25)3/h4-7,10-12,22H,8-9H2,1-3H3,(H,21,23,24). The minimum Gasteiger partial charge on any atom is -0.369 e. The number of carbonyl (C=O) groups excluding carboxylic acids is 1. The third-order valence-corrected chi connectivity index (χ3v) is 5.67. The molecule has 2 aromatic heterocycles. The molecule has 29 heavy (non-hydrogen) atoms. The molecule has 0 aliphatic heterocycles. The first-order valence-electron chi connectivity index (χ1n) is 8.97. The predicted octanol–water partition coefficient (Wildman–Crippen LogP) is 1.87. The Morgan fingerprint density at radius 3 is 2.45 bits per heavy atom. The second kappa shape index (κ2) is 8.50. The first-order chi connectivity index (χ1) is 13.8. The molecule has 0 amide bonds. The highest BCUT2D eigenvalue weighted by molar-refractivity contribution is 7.89. The number of aryl methyl sites for hydroxylation is 2. The second-order valence-electron chi connectivity index (χ2n) is 6.41. The van der Waals surface area contributed by atoms with E-state index in [1.807, 2.05) is 17.7 Å². The van der Waals surface area contributed by atoms with Crippen molar-refractivity contribution in [1.29, 1.82) is 0 Å². The van der Waals surface area contributed by atoms with Crippen LogP contribution >= 0.6 is 0 Å². The summed E-state index contributed by atoms with van der Waals surface area (Å²) in [5.41, 5.74) is 0.466. The average molecular weight is 414 g/mol. The largest absolute Gasteiger partial charge is 0.369 e. The number of rotatable bonds is 8. The van der Waals surface area contributed by atoms with Crippen molar-refractivity contribution in [1.82, 2.24) is 24.2 Å². The Kier molecular flexibility index (Phi) is 6.04. The Morgan fingerprint density at radius 2 is 1.83 bits per heavy atom. The zero-order chi connectivity index (χ0) is 21.0. The highest BCUT2D eigenvalue weighted by Crippen LogP contribution is 2.13. The van der Waals surface area contributed by atoms with E-state index in [1.54, 1.807) is 19.2 Å². The molecule has 0 saturated carbocycles. The maximum Gasteiger partial charge on any atom is 0.240 e. The Hall–Kier alpha value is -3.11. The van der Waals surface area contributed by atoms with Gasteiger partial charge in [-0.05, 0) is 32.9 Å². The lowest BCUT2D eigenvalue weighted by Crippen LogP contribution is -2.29. The van der Waals surface area contributed by atoms with Gasteiger partial charge in [0.2, 0.25) is 10.0 Å². The van der Waals surface area contributed by atoms with Crippen LogP contribution in [0.15, 0.2) is 47.6 Å². The number of benzene rings is 1. The van der Waals surface area contributed by atoms with E-state index in [1.165, 1.54) is 31.2 Å². The number of ketones is 1. The fraction of sp³-hybridized carbons (Fsp3) is 0.263. The molecule has 0 radical (unpaired) electrons. The molecule has 152 valence electrons. The molecular weight excluding hydrogens is 392 g/mol. The van der Waals surface area contributed by atoms with E-state index < -0.39 is 10.0 Å². The molecule has 3 aromatic rings. The minimum atomic E-state index is -3.66. The number of hydrogen-bond acceptors (Lipinski definition) is 7. The number of nitrogens with zero attached hydrogens (tertiary/aromatic N) is 4. The van der Waals surface area contributed by atoms with Gasteiger partial charge in [0.1, 0.15) is 23.3 Å². The number of sulfonamides is 1. The normalized spacial score (nSPS) is 11.4. The molecule has 0 aliphatic carbocycles. The molecular formula is C19H22N6O3S. The maximum atomic E-state index is 12.4. The Morgan fingerprint density at radius 1 is 1.10 bits per heavy atom. The van der Waals surface area contributed by atoms with Gasteiger partial charge in [0.05, 0.1) is 4.90 Å². The van der Waals surface area contributed by atoms with Crippen molar-refractivity contribution in [3.8, 4) is 5.82 Å². The van der Waals surface area contributed by atoms with Gasteiger partial charge in [0.15, 0.2) is 5.78 Å². The zero-order valence-corrected chi connectivity index (χ0v) is 17.2. The summed E-state index contributed by atoms with van der Waals surface area (Å²) in [7, 11) is -3.66. The Labute approximate surface area is 169 Å². The molecule has 10 heteroatoms. The van der Waals surface area contributed by atoms with Gasteiger partial charge >= 0.3 is 0 Å². The number of aromatic nitrogens is 4. The smallest absolute Gasteiger partial charge is 0.240 e. The first-order valence-corrected chi connectivity index (χ1v) is 10.4. The SMILES string of the molecule is CC(=O)c1ccc(S(=O)(=O)NCCNc2cc(-n3ccnc3C)nc(C)n2)cc1. The molecule has 9 nitrogen and oxygen atoms in total. The van der Waals surface area contributed by atoms with Crippen molar-refractivity contribution in [3.05, 3.63) is 59.9 Å². The number of nitrogens with one attached hydrogen (secondary N) is 2. The van der Waals surface area contributed by atoms with Gasteiger partial charge < -0.3 is 5.32 Å². The van der Waals surface area contributed by atoms with Gasteiger partial charge in [-0.2, -0.15) is 0 Å². The van der Waals surface area contributed by atoms with Crippen LogP contribution in [-0.2, 0) is 10.0 Å². The number of hydrogen-bond donors (Lipinski definition) is 2. The van der Waals surface area contributed by atoms with Crippen molar-refractivity contribution in [2.45, 2.75) is 25.7 Å². The molecule has 0 saturated heterocycles. The highest BCUT2D eigenvalue weighted by atomic mass is 32.2. The number of imidazole rings is 1. The van der Waals surface area contributed by atoms with Crippen molar-refractivity contribution in [2.75, 3.05) is 18.4 Å². The molecule has 0 aliphatic rings. The molecule has 2 N–H and O–H groups in total. The van der Waals surface area contributed by atoms with E-state index in [4.69, 9.17) is 0 Å². The number of anilines is 1. The van der Waals surface area contributed by atoms with E-state index in [2.05, 4.69) is 25.0 Å². The molecule has 3 rings (SSSR count). The lowest BCUT2D eigenvalue weighted by Gasteiger charge is -2.11. The lowest BCUT2D eigenvalue weighted by molar-refractivity contribution is 0.101. The molecule has 0 bridgehead atoms. The third kappa shape index (κ3) is 5.04. The van der Waals surface area contributed by atoms with Crippen LogP contribution in [0.5, 0.6) is 0 Å². The molecule has 0 fully saturated rings. The molecule has 0 spiro atoms. The van der Waals surface area contributed by atoms with Crippen LogP contribution in [-0.4, -0.2) is 46.8 Å². The fourth-order valence-corrected chi connectivity index (χ4v) is 3.75. The summed E-state index contributed by atoms with van der Waals surface area (Å²) in [4.78, 5) is 24.3. The van der Waals surface area contributed by atoms with Crippen molar-refractivity contribution in [2.24, 2.45) is 0 Å². The van der Waals surface area contributed by atoms with E-state index in [9.17, 15) is 13.2 Å². The summed E-state index contributed by atoms with van der Waals surface area (Å²) in [5.74, 6) is 2.55. The van der Waals surface area contributed by atoms with E-state index in [0.29, 0.717) is 29.6 Å². The van der Waals surface area contributed by atoms with Crippen molar-refractivity contribution >= 4 is 21.6 Å². The monoisotopic (exact) mass is 414 g/mol. The lowest BCUT2D eigenvalue weighted by atomic mass is 10.2. The predicted molar refractivity (Wildman–Crippen MR) is 109 cm³/mol. The van der Waals surface area contributed by atoms with Crippen LogP contribution in [0.3, 0.4) is 0 Å². The first kappa shape index (κ1) is 20.6. The molecule has 0 atom stereocenters. The second-order valence-corrected chi connectivity index (χ2v) is 8.18. The summed E-state index contributed by atoms with van der Waals surface area (Å²) in [6, 6.07) is 7.60. The highest BCUT2D eigenvalue weighted by Gasteiger charge is 2.14. The summed E-state index contributed by atoms with van der Waals surface area (Å²) in [6.07, 6.45) is 3.50. The van der Waals surface area contributed by atoms with E-state index >= 15 is 0 Å². The molecule has 2 heterocycles. The van der Waals surface area contributed by atoms with Gasteiger partial charge in [0.25, 0.3) is 0 Å². The van der Waals surface area contributed by atoms with Gasteiger partial charge in [-0.25, -0.2) is 28.1 Å². The number of carbonyl (C=O) groups is 1. The average Bonchev–Trinajstić information content (AvgIpc) is 3.11. The van der Waals surface area contributed by atoms with E-state index in [-0.39, 0.29) is 17.2 Å². The van der Waals surface area contributed by atoms with Gasteiger partial charge in [0, 0.05) is 37.1 Å².